The summed E-state index contributed by atoms with van der Waals surface area (Å²) < 4.78 is 0. The molecule has 0 N–H and O–H groups in total. The number of ketones is 1. The van der Waals surface area contributed by atoms with Crippen LogP contribution in [0.15, 0.2) is 47.8 Å². The van der Waals surface area contributed by atoms with Crippen molar-refractivity contribution in [3.05, 3.63) is 47.8 Å². The van der Waals surface area contributed by atoms with Crippen LogP contribution >= 0.6 is 11.3 Å². The Hall–Kier alpha value is -2.20. The lowest BCUT2D eigenvalue weighted by Gasteiger charge is -2.33. The minimum Gasteiger partial charge on any atom is -0.371 e. The molecule has 2 aromatic heterocycles. The first-order chi connectivity index (χ1) is 11.7. The number of thiophene rings is 1. The maximum atomic E-state index is 11.6. The predicted octanol–water partition coefficient (Wildman–Crippen LogP) is 4.77. The van der Waals surface area contributed by atoms with Crippen LogP contribution in [0.2, 0.25) is 0 Å². The highest BCUT2D eigenvalue weighted by molar-refractivity contribution is 7.16. The fraction of sp³-hybridized carbons (Fsp3) is 0.300. The number of carbonyl (C=O) groups is 1. The second-order valence-electron chi connectivity index (χ2n) is 6.40. The van der Waals surface area contributed by atoms with Crippen molar-refractivity contribution in [1.29, 1.82) is 0 Å². The Morgan fingerprint density at radius 1 is 1.17 bits per heavy atom. The summed E-state index contributed by atoms with van der Waals surface area (Å²) in [4.78, 5) is 20.0. The van der Waals surface area contributed by atoms with Crippen LogP contribution in [0.25, 0.3) is 21.5 Å². The largest absolute Gasteiger partial charge is 0.371 e. The van der Waals surface area contributed by atoms with Crippen molar-refractivity contribution < 1.29 is 4.79 Å². The average Bonchev–Trinajstić information content (AvgIpc) is 3.10. The molecule has 1 saturated heterocycles. The summed E-state index contributed by atoms with van der Waals surface area (Å²) in [6, 6.07) is 14.7. The summed E-state index contributed by atoms with van der Waals surface area (Å²) in [7, 11) is 0. The van der Waals surface area contributed by atoms with Gasteiger partial charge in [-0.1, -0.05) is 30.3 Å². The molecule has 4 heteroatoms. The summed E-state index contributed by atoms with van der Waals surface area (Å²) >= 11 is 1.69. The molecule has 0 saturated carbocycles. The molecule has 0 amide bonds. The standard InChI is InChI=1S/C20H20N2OS/c1-14(23)15-7-10-22(11-8-15)19-13-18(16-5-3-2-4-6-16)21-20-17(19)9-12-24-20/h2-6,9,12-13,15H,7-8,10-11H2,1H3. The molecule has 122 valence electrons. The van der Waals surface area contributed by atoms with Crippen molar-refractivity contribution in [3.63, 3.8) is 0 Å². The first kappa shape index (κ1) is 15.3. The molecule has 3 nitrogen and oxygen atoms in total. The lowest BCUT2D eigenvalue weighted by molar-refractivity contribution is -0.121. The number of hydrogen-bond donors (Lipinski definition) is 0. The third-order valence-electron chi connectivity index (χ3n) is 4.90. The Labute approximate surface area is 146 Å². The summed E-state index contributed by atoms with van der Waals surface area (Å²) in [5.74, 6) is 0.560. The monoisotopic (exact) mass is 336 g/mol. The summed E-state index contributed by atoms with van der Waals surface area (Å²) in [6.07, 6.45) is 1.90. The van der Waals surface area contributed by atoms with Crippen LogP contribution in [0.1, 0.15) is 19.8 Å². The quantitative estimate of drug-likeness (QED) is 0.691. The van der Waals surface area contributed by atoms with Crippen LogP contribution in [-0.4, -0.2) is 23.9 Å². The van der Waals surface area contributed by atoms with Crippen molar-refractivity contribution >= 4 is 33.0 Å². The van der Waals surface area contributed by atoms with Gasteiger partial charge in [-0.15, -0.1) is 11.3 Å². The van der Waals surface area contributed by atoms with Gasteiger partial charge in [0.2, 0.25) is 0 Å². The van der Waals surface area contributed by atoms with Gasteiger partial charge in [0, 0.05) is 35.6 Å². The molecule has 1 aromatic carbocycles. The second-order valence-corrected chi connectivity index (χ2v) is 7.30. The number of nitrogens with zero attached hydrogens (tertiary/aromatic N) is 2. The first-order valence-corrected chi connectivity index (χ1v) is 9.29. The SMILES string of the molecule is CC(=O)C1CCN(c2cc(-c3ccccc3)nc3sccc23)CC1. The van der Waals surface area contributed by atoms with Gasteiger partial charge in [0.1, 0.15) is 10.6 Å². The molecule has 0 unspecified atom stereocenters. The number of fused-ring (bicyclic) bond motifs is 1. The van der Waals surface area contributed by atoms with Gasteiger partial charge in [-0.2, -0.15) is 0 Å². The topological polar surface area (TPSA) is 33.2 Å². The van der Waals surface area contributed by atoms with E-state index in [1.54, 1.807) is 18.3 Å². The zero-order valence-electron chi connectivity index (χ0n) is 13.7. The highest BCUT2D eigenvalue weighted by Gasteiger charge is 2.24. The highest BCUT2D eigenvalue weighted by Crippen LogP contribution is 2.35. The fourth-order valence-electron chi connectivity index (χ4n) is 3.48. The highest BCUT2D eigenvalue weighted by atomic mass is 32.1. The van der Waals surface area contributed by atoms with E-state index in [1.807, 2.05) is 18.2 Å². The Bertz CT molecular complexity index is 864. The van der Waals surface area contributed by atoms with Gasteiger partial charge in [0.25, 0.3) is 0 Å². The van der Waals surface area contributed by atoms with E-state index in [9.17, 15) is 4.79 Å². The number of pyridine rings is 1. The van der Waals surface area contributed by atoms with Crippen LogP contribution in [0.4, 0.5) is 5.69 Å². The summed E-state index contributed by atoms with van der Waals surface area (Å²) in [5.41, 5.74) is 3.42. The Balaban J connectivity index is 1.72. The number of rotatable bonds is 3. The van der Waals surface area contributed by atoms with Crippen molar-refractivity contribution in [1.82, 2.24) is 4.98 Å². The van der Waals surface area contributed by atoms with Crippen LogP contribution in [0, 0.1) is 5.92 Å². The molecule has 0 spiro atoms. The van der Waals surface area contributed by atoms with E-state index in [0.717, 1.165) is 42.0 Å². The van der Waals surface area contributed by atoms with E-state index in [4.69, 9.17) is 4.98 Å². The smallest absolute Gasteiger partial charge is 0.133 e. The molecular weight excluding hydrogens is 316 g/mol. The van der Waals surface area contributed by atoms with Gasteiger partial charge in [0.05, 0.1) is 5.69 Å². The van der Waals surface area contributed by atoms with E-state index >= 15 is 0 Å². The van der Waals surface area contributed by atoms with E-state index in [1.165, 1.54) is 11.1 Å². The molecule has 24 heavy (non-hydrogen) atoms. The van der Waals surface area contributed by atoms with Gasteiger partial charge in [-0.3, -0.25) is 4.79 Å². The maximum Gasteiger partial charge on any atom is 0.133 e. The van der Waals surface area contributed by atoms with Crippen LogP contribution in [0.3, 0.4) is 0 Å². The molecule has 3 heterocycles. The number of carbonyl (C=O) groups excluding carboxylic acids is 1. The van der Waals surface area contributed by atoms with Crippen molar-refractivity contribution in [2.75, 3.05) is 18.0 Å². The van der Waals surface area contributed by atoms with E-state index < -0.39 is 0 Å². The molecule has 0 radical (unpaired) electrons. The molecule has 0 aliphatic carbocycles. The molecule has 0 bridgehead atoms. The lowest BCUT2D eigenvalue weighted by Crippen LogP contribution is -2.35. The zero-order chi connectivity index (χ0) is 16.5. The van der Waals surface area contributed by atoms with E-state index in [-0.39, 0.29) is 5.92 Å². The van der Waals surface area contributed by atoms with Gasteiger partial charge in [0.15, 0.2) is 0 Å². The van der Waals surface area contributed by atoms with E-state index in [2.05, 4.69) is 34.5 Å². The first-order valence-electron chi connectivity index (χ1n) is 8.41. The third-order valence-corrected chi connectivity index (χ3v) is 5.70. The molecule has 1 aliphatic heterocycles. The Morgan fingerprint density at radius 3 is 2.62 bits per heavy atom. The van der Waals surface area contributed by atoms with Crippen LogP contribution in [-0.2, 0) is 4.79 Å². The molecule has 1 aliphatic rings. The fourth-order valence-corrected chi connectivity index (χ4v) is 4.26. The van der Waals surface area contributed by atoms with Gasteiger partial charge >= 0.3 is 0 Å². The molecule has 3 aromatic rings. The second kappa shape index (κ2) is 6.36. The summed E-state index contributed by atoms with van der Waals surface area (Å²) in [6.45, 7) is 3.60. The molecule has 4 rings (SSSR count). The minimum atomic E-state index is 0.231. The number of Topliss-reactive ketones (excluding diaryl/α,β-unsaturated/α-hetero) is 1. The van der Waals surface area contributed by atoms with Crippen molar-refractivity contribution in [2.24, 2.45) is 5.92 Å². The third kappa shape index (κ3) is 2.82. The average molecular weight is 336 g/mol. The zero-order valence-corrected chi connectivity index (χ0v) is 14.6. The minimum absolute atomic E-state index is 0.231. The van der Waals surface area contributed by atoms with Crippen molar-refractivity contribution in [2.45, 2.75) is 19.8 Å². The Morgan fingerprint density at radius 2 is 1.92 bits per heavy atom. The van der Waals surface area contributed by atoms with E-state index in [0.29, 0.717) is 5.78 Å². The Kier molecular flexibility index (Phi) is 4.07. The summed E-state index contributed by atoms with van der Waals surface area (Å²) in [5, 5.41) is 3.33. The predicted molar refractivity (Wildman–Crippen MR) is 101 cm³/mol. The van der Waals surface area contributed by atoms with Gasteiger partial charge in [-0.25, -0.2) is 4.98 Å². The van der Waals surface area contributed by atoms with Gasteiger partial charge < -0.3 is 4.90 Å². The molecular formula is C20H20N2OS. The van der Waals surface area contributed by atoms with Crippen LogP contribution in [0.5, 0.6) is 0 Å². The van der Waals surface area contributed by atoms with Crippen molar-refractivity contribution in [3.8, 4) is 11.3 Å². The lowest BCUT2D eigenvalue weighted by atomic mass is 9.93. The number of piperidine rings is 1. The number of anilines is 1. The normalized spacial score (nSPS) is 15.8. The molecule has 1 fully saturated rings. The molecule has 0 atom stereocenters. The maximum absolute atomic E-state index is 11.6. The number of aromatic nitrogens is 1. The number of benzene rings is 1. The van der Waals surface area contributed by atoms with Gasteiger partial charge in [-0.05, 0) is 37.3 Å². The number of hydrogen-bond acceptors (Lipinski definition) is 4. The van der Waals surface area contributed by atoms with Crippen LogP contribution < -0.4 is 4.90 Å².